The Balaban J connectivity index is 1.55. The van der Waals surface area contributed by atoms with Crippen molar-refractivity contribution in [3.05, 3.63) is 89.4 Å². The zero-order valence-corrected chi connectivity index (χ0v) is 17.4. The number of primary amides is 1. The van der Waals surface area contributed by atoms with Crippen LogP contribution in [-0.4, -0.2) is 27.2 Å². The predicted molar refractivity (Wildman–Crippen MR) is 121 cm³/mol. The van der Waals surface area contributed by atoms with Crippen molar-refractivity contribution in [3.8, 4) is 5.69 Å². The fourth-order valence-corrected chi connectivity index (χ4v) is 3.76. The number of amides is 2. The minimum atomic E-state index is -0.425. The number of nitrogens with zero attached hydrogens (tertiary/aromatic N) is 3. The van der Waals surface area contributed by atoms with E-state index in [0.29, 0.717) is 5.56 Å². The molecule has 2 amide bonds. The molecule has 7 nitrogen and oxygen atoms in total. The van der Waals surface area contributed by atoms with Crippen LogP contribution < -0.4 is 11.2 Å². The van der Waals surface area contributed by atoms with Gasteiger partial charge in [-0.05, 0) is 50.2 Å². The number of hydrogen-bond acceptors (Lipinski definition) is 3. The van der Waals surface area contributed by atoms with Gasteiger partial charge in [-0.15, -0.1) is 0 Å². The number of para-hydroxylation sites is 1. The summed E-state index contributed by atoms with van der Waals surface area (Å²) in [6.07, 6.45) is 3.37. The minimum absolute atomic E-state index is 0.0751. The van der Waals surface area contributed by atoms with Crippen LogP contribution in [0.3, 0.4) is 0 Å². The van der Waals surface area contributed by atoms with Gasteiger partial charge in [0.2, 0.25) is 5.91 Å². The van der Waals surface area contributed by atoms with Gasteiger partial charge in [-0.3, -0.25) is 9.59 Å². The van der Waals surface area contributed by atoms with E-state index in [1.807, 2.05) is 68.4 Å². The van der Waals surface area contributed by atoms with Crippen molar-refractivity contribution >= 4 is 28.9 Å². The third-order valence-corrected chi connectivity index (χ3v) is 5.15. The Kier molecular flexibility index (Phi) is 5.41. The Bertz CT molecular complexity index is 1290. The molecule has 0 aliphatic carbocycles. The fraction of sp³-hybridized carbons (Fsp3) is 0.125. The van der Waals surface area contributed by atoms with Crippen LogP contribution in [0, 0.1) is 13.8 Å². The summed E-state index contributed by atoms with van der Waals surface area (Å²) in [5.74, 6) is -0.730. The average molecular weight is 413 g/mol. The molecule has 7 heteroatoms. The second-order valence-corrected chi connectivity index (χ2v) is 7.40. The lowest BCUT2D eigenvalue weighted by atomic mass is 10.2. The first-order chi connectivity index (χ1) is 14.9. The van der Waals surface area contributed by atoms with Gasteiger partial charge >= 0.3 is 0 Å². The van der Waals surface area contributed by atoms with Gasteiger partial charge in [0.25, 0.3) is 5.91 Å². The van der Waals surface area contributed by atoms with Gasteiger partial charge in [0, 0.05) is 45.3 Å². The maximum Gasteiger partial charge on any atom is 0.271 e. The maximum absolute atomic E-state index is 12.6. The lowest BCUT2D eigenvalue weighted by Crippen LogP contribution is -2.18. The quantitative estimate of drug-likeness (QED) is 0.375. The molecule has 3 N–H and O–H groups in total. The van der Waals surface area contributed by atoms with Crippen LogP contribution in [0.25, 0.3) is 16.6 Å². The molecule has 31 heavy (non-hydrogen) atoms. The van der Waals surface area contributed by atoms with E-state index in [4.69, 9.17) is 5.73 Å². The van der Waals surface area contributed by atoms with Gasteiger partial charge in [0.15, 0.2) is 0 Å². The molecule has 0 saturated carbocycles. The molecule has 0 aliphatic heterocycles. The molecule has 0 radical (unpaired) electrons. The molecule has 0 unspecified atom stereocenters. The summed E-state index contributed by atoms with van der Waals surface area (Å²) >= 11 is 0. The fourth-order valence-electron chi connectivity index (χ4n) is 3.76. The van der Waals surface area contributed by atoms with Crippen molar-refractivity contribution in [2.45, 2.75) is 20.4 Å². The molecule has 0 aliphatic rings. The first-order valence-electron chi connectivity index (χ1n) is 9.89. The summed E-state index contributed by atoms with van der Waals surface area (Å²) < 4.78 is 3.86. The van der Waals surface area contributed by atoms with Crippen LogP contribution >= 0.6 is 0 Å². The number of nitrogens with two attached hydrogens (primary N) is 1. The highest BCUT2D eigenvalue weighted by Gasteiger charge is 2.10. The van der Waals surface area contributed by atoms with E-state index in [1.54, 1.807) is 23.0 Å². The van der Waals surface area contributed by atoms with Crippen LogP contribution in [0.1, 0.15) is 27.3 Å². The Morgan fingerprint density at radius 3 is 2.52 bits per heavy atom. The Labute approximate surface area is 179 Å². The van der Waals surface area contributed by atoms with Gasteiger partial charge in [-0.1, -0.05) is 24.3 Å². The number of hydrazone groups is 1. The van der Waals surface area contributed by atoms with Crippen LogP contribution in [0.2, 0.25) is 0 Å². The van der Waals surface area contributed by atoms with Gasteiger partial charge in [0.1, 0.15) is 6.54 Å². The Morgan fingerprint density at radius 2 is 1.77 bits per heavy atom. The maximum atomic E-state index is 12.6. The molecule has 2 heterocycles. The second kappa shape index (κ2) is 8.31. The topological polar surface area (TPSA) is 94.4 Å². The zero-order valence-electron chi connectivity index (χ0n) is 17.4. The largest absolute Gasteiger partial charge is 0.368 e. The highest BCUT2D eigenvalue weighted by molar-refractivity contribution is 6.01. The highest BCUT2D eigenvalue weighted by atomic mass is 16.2. The third-order valence-electron chi connectivity index (χ3n) is 5.15. The van der Waals surface area contributed by atoms with E-state index in [2.05, 4.69) is 15.1 Å². The molecular formula is C24H23N5O2. The molecule has 0 saturated heterocycles. The van der Waals surface area contributed by atoms with Crippen molar-refractivity contribution < 1.29 is 9.59 Å². The zero-order chi connectivity index (χ0) is 22.0. The normalized spacial score (nSPS) is 11.3. The van der Waals surface area contributed by atoms with Crippen molar-refractivity contribution in [3.63, 3.8) is 0 Å². The van der Waals surface area contributed by atoms with E-state index >= 15 is 0 Å². The van der Waals surface area contributed by atoms with Gasteiger partial charge < -0.3 is 14.9 Å². The Hall–Kier alpha value is -4.13. The number of rotatable bonds is 6. The number of aromatic nitrogens is 2. The lowest BCUT2D eigenvalue weighted by molar-refractivity contribution is -0.118. The predicted octanol–water partition coefficient (Wildman–Crippen LogP) is 3.30. The van der Waals surface area contributed by atoms with E-state index < -0.39 is 5.91 Å². The number of aryl methyl sites for hydroxylation is 2. The molecule has 2 aromatic carbocycles. The first-order valence-corrected chi connectivity index (χ1v) is 9.89. The first kappa shape index (κ1) is 20.2. The standard InChI is InChI=1S/C24H23N5O2/c1-16-10-11-17(2)29(16)20-7-5-6-18(12-20)24(31)27-26-13-19-14-28(15-23(25)30)22-9-4-3-8-21(19)22/h3-14H,15H2,1-2H3,(H2,25,30)(H,27,31). The number of hydrogen-bond donors (Lipinski definition) is 2. The minimum Gasteiger partial charge on any atom is -0.368 e. The number of carbonyl (C=O) groups excluding carboxylic acids is 2. The van der Waals surface area contributed by atoms with Crippen LogP contribution in [-0.2, 0) is 11.3 Å². The summed E-state index contributed by atoms with van der Waals surface area (Å²) in [5, 5.41) is 5.05. The van der Waals surface area contributed by atoms with Gasteiger partial charge in [-0.25, -0.2) is 5.43 Å². The van der Waals surface area contributed by atoms with Crippen LogP contribution in [0.5, 0.6) is 0 Å². The average Bonchev–Trinajstić information content (AvgIpc) is 3.27. The summed E-state index contributed by atoms with van der Waals surface area (Å²) in [7, 11) is 0. The van der Waals surface area contributed by atoms with Crippen molar-refractivity contribution in [1.82, 2.24) is 14.6 Å². The monoisotopic (exact) mass is 413 g/mol. The van der Waals surface area contributed by atoms with E-state index in [-0.39, 0.29) is 12.5 Å². The van der Waals surface area contributed by atoms with Crippen molar-refractivity contribution in [1.29, 1.82) is 0 Å². The van der Waals surface area contributed by atoms with Crippen molar-refractivity contribution in [2.24, 2.45) is 10.8 Å². The molecule has 0 atom stereocenters. The van der Waals surface area contributed by atoms with E-state index in [0.717, 1.165) is 33.5 Å². The summed E-state index contributed by atoms with van der Waals surface area (Å²) in [6.45, 7) is 4.13. The van der Waals surface area contributed by atoms with Crippen LogP contribution in [0.15, 0.2) is 72.0 Å². The molecule has 156 valence electrons. The van der Waals surface area contributed by atoms with Crippen LogP contribution in [0.4, 0.5) is 0 Å². The summed E-state index contributed by atoms with van der Waals surface area (Å²) in [5.41, 5.74) is 13.2. The summed E-state index contributed by atoms with van der Waals surface area (Å²) in [6, 6.07) is 19.1. The lowest BCUT2D eigenvalue weighted by Gasteiger charge is -2.10. The van der Waals surface area contributed by atoms with Gasteiger partial charge in [0.05, 0.1) is 6.21 Å². The number of fused-ring (bicyclic) bond motifs is 1. The summed E-state index contributed by atoms with van der Waals surface area (Å²) in [4.78, 5) is 24.0. The third kappa shape index (κ3) is 4.11. The second-order valence-electron chi connectivity index (χ2n) is 7.40. The van der Waals surface area contributed by atoms with E-state index in [1.165, 1.54) is 0 Å². The molecule has 4 aromatic rings. The molecule has 4 rings (SSSR count). The van der Waals surface area contributed by atoms with Gasteiger partial charge in [-0.2, -0.15) is 5.10 Å². The molecule has 2 aromatic heterocycles. The highest BCUT2D eigenvalue weighted by Crippen LogP contribution is 2.20. The SMILES string of the molecule is Cc1ccc(C)n1-c1cccc(C(=O)NN=Cc2cn(CC(N)=O)c3ccccc23)c1. The number of nitrogens with one attached hydrogen (secondary N) is 1. The molecule has 0 spiro atoms. The number of benzene rings is 2. The number of carbonyl (C=O) groups is 2. The Morgan fingerprint density at radius 1 is 1.03 bits per heavy atom. The molecule has 0 bridgehead atoms. The smallest absolute Gasteiger partial charge is 0.271 e. The molecule has 0 fully saturated rings. The molecular weight excluding hydrogens is 390 g/mol. The van der Waals surface area contributed by atoms with E-state index in [9.17, 15) is 9.59 Å². The van der Waals surface area contributed by atoms with Crippen molar-refractivity contribution in [2.75, 3.05) is 0 Å².